The van der Waals surface area contributed by atoms with Gasteiger partial charge in [0, 0.05) is 6.07 Å². The predicted molar refractivity (Wildman–Crippen MR) is 78.4 cm³/mol. The average molecular weight is 311 g/mol. The molecule has 0 spiro atoms. The van der Waals surface area contributed by atoms with Gasteiger partial charge in [-0.15, -0.1) is 0 Å². The number of amides is 3. The number of carbonyl (C=O) groups excluding carboxylic acids is 2. The summed E-state index contributed by atoms with van der Waals surface area (Å²) in [5, 5.41) is 4.92. The molecule has 0 atom stereocenters. The number of nitrogens with one attached hydrogen (secondary N) is 2. The molecule has 1 aromatic carbocycles. The summed E-state index contributed by atoms with van der Waals surface area (Å²) in [6.45, 7) is 4.66. The number of ether oxygens (including phenoxy) is 2. The summed E-state index contributed by atoms with van der Waals surface area (Å²) in [4.78, 5) is 22.6. The van der Waals surface area contributed by atoms with Gasteiger partial charge in [-0.05, 0) is 31.6 Å². The molecule has 0 aliphatic carbocycles. The molecular formula is C14H15ClN2O4. The Morgan fingerprint density at radius 2 is 1.71 bits per heavy atom. The third kappa shape index (κ3) is 3.46. The van der Waals surface area contributed by atoms with Crippen LogP contribution in [-0.4, -0.2) is 25.2 Å². The molecule has 1 fully saturated rings. The maximum atomic E-state index is 11.5. The van der Waals surface area contributed by atoms with Gasteiger partial charge in [0.25, 0.3) is 5.91 Å². The third-order valence-corrected chi connectivity index (χ3v) is 3.01. The summed E-state index contributed by atoms with van der Waals surface area (Å²) in [5.74, 6) is 0.564. The van der Waals surface area contributed by atoms with Crippen molar-refractivity contribution in [1.29, 1.82) is 0 Å². The maximum absolute atomic E-state index is 11.5. The van der Waals surface area contributed by atoms with Crippen LogP contribution in [0.1, 0.15) is 19.4 Å². The smallest absolute Gasteiger partial charge is 0.326 e. The fourth-order valence-corrected chi connectivity index (χ4v) is 2.04. The summed E-state index contributed by atoms with van der Waals surface area (Å²) in [6.07, 6.45) is 1.49. The normalized spacial score (nSPS) is 15.9. The molecule has 0 unspecified atom stereocenters. The van der Waals surface area contributed by atoms with Crippen LogP contribution < -0.4 is 20.1 Å². The van der Waals surface area contributed by atoms with Crippen molar-refractivity contribution >= 4 is 29.6 Å². The number of carbonyl (C=O) groups is 2. The van der Waals surface area contributed by atoms with Gasteiger partial charge in [0.05, 0.1) is 18.2 Å². The van der Waals surface area contributed by atoms with Gasteiger partial charge >= 0.3 is 6.03 Å². The molecule has 1 heterocycles. The van der Waals surface area contributed by atoms with E-state index in [1.807, 2.05) is 13.8 Å². The molecule has 1 aromatic rings. The van der Waals surface area contributed by atoms with Crippen LogP contribution in [0.3, 0.4) is 0 Å². The van der Waals surface area contributed by atoms with E-state index in [0.29, 0.717) is 35.3 Å². The van der Waals surface area contributed by atoms with Gasteiger partial charge in [-0.2, -0.15) is 0 Å². The Morgan fingerprint density at radius 1 is 1.10 bits per heavy atom. The Morgan fingerprint density at radius 3 is 2.24 bits per heavy atom. The van der Waals surface area contributed by atoms with E-state index in [0.717, 1.165) is 0 Å². The molecule has 112 valence electrons. The first-order valence-electron chi connectivity index (χ1n) is 6.48. The lowest BCUT2D eigenvalue weighted by Crippen LogP contribution is -2.22. The van der Waals surface area contributed by atoms with Gasteiger partial charge in [0.15, 0.2) is 11.5 Å². The van der Waals surface area contributed by atoms with Crippen molar-refractivity contribution in [1.82, 2.24) is 10.6 Å². The molecule has 21 heavy (non-hydrogen) atoms. The number of imide groups is 1. The van der Waals surface area contributed by atoms with E-state index in [1.165, 1.54) is 6.08 Å². The second-order valence-electron chi connectivity index (χ2n) is 4.15. The number of hydrogen-bond donors (Lipinski definition) is 2. The number of urea groups is 1. The summed E-state index contributed by atoms with van der Waals surface area (Å²) in [6, 6.07) is 2.73. The van der Waals surface area contributed by atoms with Crippen molar-refractivity contribution in [2.75, 3.05) is 13.2 Å². The Balaban J connectivity index is 2.40. The topological polar surface area (TPSA) is 76.7 Å². The Kier molecular flexibility index (Phi) is 4.70. The van der Waals surface area contributed by atoms with E-state index in [2.05, 4.69) is 10.6 Å². The van der Waals surface area contributed by atoms with Crippen LogP contribution in [0.5, 0.6) is 11.5 Å². The predicted octanol–water partition coefficient (Wildman–Crippen LogP) is 2.32. The lowest BCUT2D eigenvalue weighted by molar-refractivity contribution is -0.115. The molecule has 2 N–H and O–H groups in total. The Hall–Kier alpha value is -2.21. The summed E-state index contributed by atoms with van der Waals surface area (Å²) in [7, 11) is 0. The van der Waals surface area contributed by atoms with E-state index >= 15 is 0 Å². The quantitative estimate of drug-likeness (QED) is 0.646. The SMILES string of the molecule is CCOc1cc(Cl)c(C=C2NC(=O)NC2=O)cc1OCC. The summed E-state index contributed by atoms with van der Waals surface area (Å²) < 4.78 is 11.0. The Bertz CT molecular complexity index is 613. The molecule has 2 rings (SSSR count). The van der Waals surface area contributed by atoms with E-state index in [-0.39, 0.29) is 5.70 Å². The highest BCUT2D eigenvalue weighted by Crippen LogP contribution is 2.34. The number of rotatable bonds is 5. The fourth-order valence-electron chi connectivity index (χ4n) is 1.84. The van der Waals surface area contributed by atoms with Crippen LogP contribution in [0, 0.1) is 0 Å². The summed E-state index contributed by atoms with van der Waals surface area (Å²) >= 11 is 6.18. The molecule has 0 aromatic heterocycles. The zero-order valence-corrected chi connectivity index (χ0v) is 12.4. The lowest BCUT2D eigenvalue weighted by Gasteiger charge is -2.12. The second-order valence-corrected chi connectivity index (χ2v) is 4.56. The van der Waals surface area contributed by atoms with Crippen LogP contribution in [-0.2, 0) is 4.79 Å². The van der Waals surface area contributed by atoms with Gasteiger partial charge in [-0.3, -0.25) is 10.1 Å². The molecule has 1 aliphatic heterocycles. The maximum Gasteiger partial charge on any atom is 0.326 e. The molecule has 6 nitrogen and oxygen atoms in total. The first-order chi connectivity index (χ1) is 10.0. The van der Waals surface area contributed by atoms with Crippen molar-refractivity contribution < 1.29 is 19.1 Å². The average Bonchev–Trinajstić information content (AvgIpc) is 2.73. The number of halogens is 1. The van der Waals surface area contributed by atoms with Crippen molar-refractivity contribution in [2.24, 2.45) is 0 Å². The number of hydrogen-bond acceptors (Lipinski definition) is 4. The van der Waals surface area contributed by atoms with Crippen molar-refractivity contribution in [3.05, 3.63) is 28.4 Å². The van der Waals surface area contributed by atoms with Crippen molar-refractivity contribution in [3.63, 3.8) is 0 Å². The summed E-state index contributed by atoms with van der Waals surface area (Å²) in [5.41, 5.74) is 0.685. The minimum Gasteiger partial charge on any atom is -0.490 e. The van der Waals surface area contributed by atoms with Crippen LogP contribution in [0.15, 0.2) is 17.8 Å². The first kappa shape index (κ1) is 15.2. The van der Waals surface area contributed by atoms with E-state index < -0.39 is 11.9 Å². The van der Waals surface area contributed by atoms with Crippen LogP contribution in [0.25, 0.3) is 6.08 Å². The third-order valence-electron chi connectivity index (χ3n) is 2.68. The number of benzene rings is 1. The molecule has 7 heteroatoms. The zero-order chi connectivity index (χ0) is 15.4. The fraction of sp³-hybridized carbons (Fsp3) is 0.286. The van der Waals surface area contributed by atoms with E-state index in [9.17, 15) is 9.59 Å². The van der Waals surface area contributed by atoms with Crippen LogP contribution in [0.4, 0.5) is 4.79 Å². The van der Waals surface area contributed by atoms with Crippen LogP contribution >= 0.6 is 11.6 Å². The molecule has 1 saturated heterocycles. The highest BCUT2D eigenvalue weighted by molar-refractivity contribution is 6.32. The molecule has 0 saturated carbocycles. The van der Waals surface area contributed by atoms with Gasteiger partial charge in [-0.25, -0.2) is 4.79 Å². The minimum atomic E-state index is -0.557. The zero-order valence-electron chi connectivity index (χ0n) is 11.7. The van der Waals surface area contributed by atoms with Gasteiger partial charge in [-0.1, -0.05) is 11.6 Å². The van der Waals surface area contributed by atoms with E-state index in [1.54, 1.807) is 12.1 Å². The van der Waals surface area contributed by atoms with Gasteiger partial charge in [0.1, 0.15) is 5.70 Å². The highest BCUT2D eigenvalue weighted by Gasteiger charge is 2.23. The minimum absolute atomic E-state index is 0.133. The highest BCUT2D eigenvalue weighted by atomic mass is 35.5. The molecule has 1 aliphatic rings. The van der Waals surface area contributed by atoms with Crippen LogP contribution in [0.2, 0.25) is 5.02 Å². The largest absolute Gasteiger partial charge is 0.490 e. The van der Waals surface area contributed by atoms with Gasteiger partial charge in [0.2, 0.25) is 0 Å². The lowest BCUT2D eigenvalue weighted by atomic mass is 10.1. The Labute approximate surface area is 127 Å². The molecule has 0 radical (unpaired) electrons. The molecule has 3 amide bonds. The second kappa shape index (κ2) is 6.49. The standard InChI is InChI=1S/C14H15ClN2O4/c1-3-20-11-6-8(9(15)7-12(11)21-4-2)5-10-13(18)17-14(19)16-10/h5-7H,3-4H2,1-2H3,(H2,16,17,18,19). The first-order valence-corrected chi connectivity index (χ1v) is 6.86. The molecular weight excluding hydrogens is 296 g/mol. The molecule has 0 bridgehead atoms. The van der Waals surface area contributed by atoms with Crippen molar-refractivity contribution in [2.45, 2.75) is 13.8 Å². The van der Waals surface area contributed by atoms with E-state index in [4.69, 9.17) is 21.1 Å². The van der Waals surface area contributed by atoms with Gasteiger partial charge < -0.3 is 14.8 Å². The monoisotopic (exact) mass is 310 g/mol. The van der Waals surface area contributed by atoms with Crippen molar-refractivity contribution in [3.8, 4) is 11.5 Å².